The Kier molecular flexibility index (Phi) is 6.18. The number of nitrogens with zero attached hydrogens (tertiary/aromatic N) is 2. The molecule has 0 amide bonds. The highest BCUT2D eigenvalue weighted by atomic mass is 32.2. The molecule has 0 radical (unpaired) electrons. The predicted octanol–water partition coefficient (Wildman–Crippen LogP) is 2.21. The molecule has 1 fully saturated rings. The van der Waals surface area contributed by atoms with Crippen LogP contribution in [0.5, 0.6) is 5.75 Å². The Balaban J connectivity index is 1.62. The Labute approximate surface area is 160 Å². The SMILES string of the molecule is CCS(=O)(=O)NC1CCOCC1COc1ccc(-n2nc(C)cc2C)cc1. The third kappa shape index (κ3) is 5.09. The molecule has 1 aliphatic heterocycles. The van der Waals surface area contributed by atoms with Gasteiger partial charge in [0, 0.05) is 24.3 Å². The summed E-state index contributed by atoms with van der Waals surface area (Å²) >= 11 is 0. The molecule has 2 unspecified atom stereocenters. The van der Waals surface area contributed by atoms with Crippen molar-refractivity contribution in [2.75, 3.05) is 25.6 Å². The Morgan fingerprint density at radius 3 is 2.67 bits per heavy atom. The topological polar surface area (TPSA) is 82.5 Å². The second kappa shape index (κ2) is 8.41. The van der Waals surface area contributed by atoms with E-state index in [0.29, 0.717) is 26.2 Å². The molecule has 2 heterocycles. The van der Waals surface area contributed by atoms with Gasteiger partial charge in [-0.25, -0.2) is 17.8 Å². The van der Waals surface area contributed by atoms with E-state index in [2.05, 4.69) is 9.82 Å². The van der Waals surface area contributed by atoms with E-state index in [9.17, 15) is 8.42 Å². The van der Waals surface area contributed by atoms with E-state index in [0.717, 1.165) is 22.8 Å². The molecule has 3 rings (SSSR count). The molecule has 1 aromatic carbocycles. The lowest BCUT2D eigenvalue weighted by Gasteiger charge is -2.31. The van der Waals surface area contributed by atoms with Crippen LogP contribution in [0.4, 0.5) is 0 Å². The molecule has 1 saturated heterocycles. The van der Waals surface area contributed by atoms with Gasteiger partial charge in [0.2, 0.25) is 10.0 Å². The summed E-state index contributed by atoms with van der Waals surface area (Å²) in [4.78, 5) is 0. The van der Waals surface area contributed by atoms with Crippen LogP contribution in [-0.2, 0) is 14.8 Å². The zero-order valence-corrected chi connectivity index (χ0v) is 16.8. The summed E-state index contributed by atoms with van der Waals surface area (Å²) in [5.41, 5.74) is 3.03. The summed E-state index contributed by atoms with van der Waals surface area (Å²) in [7, 11) is -3.24. The van der Waals surface area contributed by atoms with Crippen LogP contribution in [0.25, 0.3) is 5.69 Å². The predicted molar refractivity (Wildman–Crippen MR) is 104 cm³/mol. The van der Waals surface area contributed by atoms with Gasteiger partial charge in [0.25, 0.3) is 0 Å². The van der Waals surface area contributed by atoms with E-state index in [1.54, 1.807) is 6.92 Å². The van der Waals surface area contributed by atoms with Crippen LogP contribution >= 0.6 is 0 Å². The zero-order chi connectivity index (χ0) is 19.4. The number of ether oxygens (including phenoxy) is 2. The Hall–Kier alpha value is -1.90. The minimum atomic E-state index is -3.24. The third-order valence-corrected chi connectivity index (χ3v) is 6.16. The van der Waals surface area contributed by atoms with Crippen molar-refractivity contribution in [3.63, 3.8) is 0 Å². The fraction of sp³-hybridized carbons (Fsp3) is 0.526. The number of nitrogens with one attached hydrogen (secondary N) is 1. The zero-order valence-electron chi connectivity index (χ0n) is 16.0. The van der Waals surface area contributed by atoms with E-state index >= 15 is 0 Å². The van der Waals surface area contributed by atoms with Crippen LogP contribution in [0.15, 0.2) is 30.3 Å². The summed E-state index contributed by atoms with van der Waals surface area (Å²) in [6.07, 6.45) is 0.657. The molecule has 0 aliphatic carbocycles. The van der Waals surface area contributed by atoms with Gasteiger partial charge in [-0.2, -0.15) is 5.10 Å². The first kappa shape index (κ1) is 19.9. The van der Waals surface area contributed by atoms with Gasteiger partial charge < -0.3 is 9.47 Å². The molecule has 148 valence electrons. The van der Waals surface area contributed by atoms with Crippen LogP contribution in [0.1, 0.15) is 24.7 Å². The van der Waals surface area contributed by atoms with Crippen molar-refractivity contribution in [3.05, 3.63) is 41.7 Å². The number of benzene rings is 1. The van der Waals surface area contributed by atoms with Crippen molar-refractivity contribution >= 4 is 10.0 Å². The Morgan fingerprint density at radius 2 is 2.04 bits per heavy atom. The van der Waals surface area contributed by atoms with Gasteiger partial charge in [0.15, 0.2) is 0 Å². The number of rotatable bonds is 7. The molecular weight excluding hydrogens is 366 g/mol. The average Bonchev–Trinajstić information content (AvgIpc) is 2.99. The fourth-order valence-corrected chi connectivity index (χ4v) is 4.15. The van der Waals surface area contributed by atoms with Crippen molar-refractivity contribution in [2.24, 2.45) is 5.92 Å². The van der Waals surface area contributed by atoms with Crippen LogP contribution in [0.2, 0.25) is 0 Å². The minimum Gasteiger partial charge on any atom is -0.493 e. The van der Waals surface area contributed by atoms with Crippen LogP contribution in [0, 0.1) is 19.8 Å². The van der Waals surface area contributed by atoms with E-state index in [1.165, 1.54) is 0 Å². The second-order valence-electron chi connectivity index (χ2n) is 6.90. The van der Waals surface area contributed by atoms with Crippen molar-refractivity contribution in [1.29, 1.82) is 0 Å². The Morgan fingerprint density at radius 1 is 1.30 bits per heavy atom. The van der Waals surface area contributed by atoms with Crippen molar-refractivity contribution in [3.8, 4) is 11.4 Å². The van der Waals surface area contributed by atoms with Crippen LogP contribution in [0.3, 0.4) is 0 Å². The number of sulfonamides is 1. The molecule has 2 aromatic rings. The molecule has 1 aromatic heterocycles. The van der Waals surface area contributed by atoms with Crippen molar-refractivity contribution in [1.82, 2.24) is 14.5 Å². The lowest BCUT2D eigenvalue weighted by molar-refractivity contribution is 0.0186. The number of aryl methyl sites for hydroxylation is 2. The van der Waals surface area contributed by atoms with Gasteiger partial charge >= 0.3 is 0 Å². The summed E-state index contributed by atoms with van der Waals surface area (Å²) in [6, 6.07) is 9.61. The molecule has 27 heavy (non-hydrogen) atoms. The molecule has 0 bridgehead atoms. The second-order valence-corrected chi connectivity index (χ2v) is 8.94. The Bertz CT molecular complexity index is 862. The molecule has 8 heteroatoms. The maximum Gasteiger partial charge on any atom is 0.211 e. The van der Waals surface area contributed by atoms with Crippen LogP contribution < -0.4 is 9.46 Å². The van der Waals surface area contributed by atoms with E-state index in [-0.39, 0.29) is 17.7 Å². The number of hydrogen-bond donors (Lipinski definition) is 1. The summed E-state index contributed by atoms with van der Waals surface area (Å²) in [5.74, 6) is 0.796. The molecule has 2 atom stereocenters. The van der Waals surface area contributed by atoms with Gasteiger partial charge in [-0.15, -0.1) is 0 Å². The smallest absolute Gasteiger partial charge is 0.211 e. The maximum atomic E-state index is 11.9. The van der Waals surface area contributed by atoms with Crippen molar-refractivity contribution < 1.29 is 17.9 Å². The van der Waals surface area contributed by atoms with Crippen molar-refractivity contribution in [2.45, 2.75) is 33.2 Å². The molecule has 1 aliphatic rings. The summed E-state index contributed by atoms with van der Waals surface area (Å²) in [6.45, 7) is 7.07. The fourth-order valence-electron chi connectivity index (χ4n) is 3.21. The highest BCUT2D eigenvalue weighted by Gasteiger charge is 2.29. The monoisotopic (exact) mass is 393 g/mol. The summed E-state index contributed by atoms with van der Waals surface area (Å²) < 4.78 is 39.9. The normalized spacial score (nSPS) is 20.6. The molecule has 1 N–H and O–H groups in total. The van der Waals surface area contributed by atoms with E-state index in [4.69, 9.17) is 9.47 Å². The van der Waals surface area contributed by atoms with Gasteiger partial charge in [-0.3, -0.25) is 0 Å². The van der Waals surface area contributed by atoms with Gasteiger partial charge in [-0.1, -0.05) is 0 Å². The van der Waals surface area contributed by atoms with Gasteiger partial charge in [0.05, 0.1) is 30.3 Å². The highest BCUT2D eigenvalue weighted by Crippen LogP contribution is 2.21. The minimum absolute atomic E-state index is 0.0178. The lowest BCUT2D eigenvalue weighted by Crippen LogP contribution is -2.47. The number of hydrogen-bond acceptors (Lipinski definition) is 5. The highest BCUT2D eigenvalue weighted by molar-refractivity contribution is 7.89. The van der Waals surface area contributed by atoms with E-state index < -0.39 is 10.0 Å². The molecule has 0 spiro atoms. The average molecular weight is 394 g/mol. The molecule has 7 nitrogen and oxygen atoms in total. The largest absolute Gasteiger partial charge is 0.493 e. The van der Waals surface area contributed by atoms with Gasteiger partial charge in [-0.05, 0) is 57.5 Å². The quantitative estimate of drug-likeness (QED) is 0.780. The van der Waals surface area contributed by atoms with Crippen LogP contribution in [-0.4, -0.2) is 49.8 Å². The first-order valence-electron chi connectivity index (χ1n) is 9.22. The summed E-state index contributed by atoms with van der Waals surface area (Å²) in [5, 5.41) is 4.48. The maximum absolute atomic E-state index is 11.9. The van der Waals surface area contributed by atoms with E-state index in [1.807, 2.05) is 48.9 Å². The molecular formula is C19H27N3O4S. The third-order valence-electron chi connectivity index (χ3n) is 4.74. The standard InChI is InChI=1S/C19H27N3O4S/c1-4-27(23,24)21-19-9-10-25-12-16(19)13-26-18-7-5-17(6-8-18)22-15(3)11-14(2)20-22/h5-8,11,16,19,21H,4,9-10,12-13H2,1-3H3. The van der Waals surface area contributed by atoms with Gasteiger partial charge in [0.1, 0.15) is 5.75 Å². The first-order valence-corrected chi connectivity index (χ1v) is 10.9. The number of aromatic nitrogens is 2. The lowest BCUT2D eigenvalue weighted by atomic mass is 9.98. The first-order chi connectivity index (χ1) is 12.9. The molecule has 0 saturated carbocycles.